The van der Waals surface area contributed by atoms with E-state index in [1.807, 2.05) is 18.2 Å². The Kier molecular flexibility index (Phi) is 6.10. The fourth-order valence-electron chi connectivity index (χ4n) is 1.72. The maximum Gasteiger partial charge on any atom is 0.277 e. The molecule has 1 N–H and O–H groups in total. The van der Waals surface area contributed by atoms with Crippen LogP contribution in [0.4, 0.5) is 0 Å². The average Bonchev–Trinajstić information content (AvgIpc) is 2.59. The van der Waals surface area contributed by atoms with E-state index >= 15 is 0 Å². The molecule has 2 aromatic rings. The highest BCUT2D eigenvalue weighted by atomic mass is 79.9. The number of hydrogen-bond acceptors (Lipinski definition) is 5. The maximum absolute atomic E-state index is 11.8. The molecule has 0 atom stereocenters. The van der Waals surface area contributed by atoms with E-state index in [1.165, 1.54) is 7.11 Å². The number of carbonyl (C=O) groups is 1. The van der Waals surface area contributed by atoms with Crippen molar-refractivity contribution in [3.63, 3.8) is 0 Å². The second-order valence-corrected chi connectivity index (χ2v) is 5.45. The molecular weight excluding hydrogens is 362 g/mol. The zero-order valence-electron chi connectivity index (χ0n) is 12.7. The van der Waals surface area contributed by atoms with Crippen molar-refractivity contribution >= 4 is 27.5 Å². The Morgan fingerprint density at radius 3 is 2.83 bits per heavy atom. The second-order valence-electron chi connectivity index (χ2n) is 4.53. The van der Waals surface area contributed by atoms with E-state index in [2.05, 4.69) is 31.4 Å². The smallest absolute Gasteiger partial charge is 0.277 e. The van der Waals surface area contributed by atoms with Gasteiger partial charge in [0.1, 0.15) is 0 Å². The third-order valence-corrected chi connectivity index (χ3v) is 3.36. The van der Waals surface area contributed by atoms with Crippen molar-refractivity contribution in [3.05, 3.63) is 52.8 Å². The van der Waals surface area contributed by atoms with Crippen LogP contribution in [-0.4, -0.2) is 30.3 Å². The summed E-state index contributed by atoms with van der Waals surface area (Å²) >= 11 is 3.34. The predicted octanol–water partition coefficient (Wildman–Crippen LogP) is 2.77. The van der Waals surface area contributed by atoms with Crippen LogP contribution >= 0.6 is 15.9 Å². The second kappa shape index (κ2) is 8.28. The number of carbonyl (C=O) groups excluding carboxylic acids is 1. The molecule has 0 unspecified atom stereocenters. The zero-order chi connectivity index (χ0) is 16.7. The number of amides is 1. The molecule has 0 bridgehead atoms. The molecule has 1 aromatic carbocycles. The monoisotopic (exact) mass is 377 g/mol. The van der Waals surface area contributed by atoms with Gasteiger partial charge in [-0.25, -0.2) is 5.43 Å². The Labute approximate surface area is 142 Å². The van der Waals surface area contributed by atoms with Gasteiger partial charge in [-0.1, -0.05) is 22.0 Å². The summed E-state index contributed by atoms with van der Waals surface area (Å²) in [5, 5.41) is 4.00. The van der Waals surface area contributed by atoms with Crippen LogP contribution in [0, 0.1) is 0 Å². The van der Waals surface area contributed by atoms with Crippen molar-refractivity contribution in [2.24, 2.45) is 5.10 Å². The number of methoxy groups -OCH3 is 1. The highest BCUT2D eigenvalue weighted by molar-refractivity contribution is 9.10. The minimum Gasteiger partial charge on any atom is -0.493 e. The standard InChI is InChI=1S/C16H16BrN3O3/c1-11(13-5-3-4-8-18-13)19-20-16(21)10-23-14-7-6-12(17)9-15(14)22-2/h3-9H,10H2,1-2H3,(H,20,21). The first-order valence-corrected chi connectivity index (χ1v) is 7.60. The Morgan fingerprint density at radius 2 is 2.13 bits per heavy atom. The van der Waals surface area contributed by atoms with E-state index in [0.717, 1.165) is 4.47 Å². The highest BCUT2D eigenvalue weighted by Crippen LogP contribution is 2.29. The third-order valence-electron chi connectivity index (χ3n) is 2.87. The average molecular weight is 378 g/mol. The number of hydrogen-bond donors (Lipinski definition) is 1. The van der Waals surface area contributed by atoms with Gasteiger partial charge < -0.3 is 9.47 Å². The van der Waals surface area contributed by atoms with Gasteiger partial charge in [0.05, 0.1) is 18.5 Å². The molecule has 0 aliphatic heterocycles. The first-order chi connectivity index (χ1) is 11.1. The van der Waals surface area contributed by atoms with Crippen molar-refractivity contribution in [2.75, 3.05) is 13.7 Å². The largest absolute Gasteiger partial charge is 0.493 e. The minimum atomic E-state index is -0.370. The van der Waals surface area contributed by atoms with Gasteiger partial charge >= 0.3 is 0 Å². The van der Waals surface area contributed by atoms with Crippen LogP contribution in [0.25, 0.3) is 0 Å². The van der Waals surface area contributed by atoms with Crippen LogP contribution < -0.4 is 14.9 Å². The summed E-state index contributed by atoms with van der Waals surface area (Å²) in [5.74, 6) is 0.655. The number of rotatable bonds is 6. The molecule has 2 rings (SSSR count). The van der Waals surface area contributed by atoms with Gasteiger partial charge in [-0.3, -0.25) is 9.78 Å². The molecule has 0 fully saturated rings. The molecule has 0 saturated heterocycles. The van der Waals surface area contributed by atoms with Gasteiger partial charge in [0.15, 0.2) is 18.1 Å². The maximum atomic E-state index is 11.8. The summed E-state index contributed by atoms with van der Waals surface area (Å²) in [4.78, 5) is 16.0. The Morgan fingerprint density at radius 1 is 1.30 bits per heavy atom. The van der Waals surface area contributed by atoms with Crippen LogP contribution in [0.3, 0.4) is 0 Å². The Hall–Kier alpha value is -2.41. The number of benzene rings is 1. The van der Waals surface area contributed by atoms with Crippen LogP contribution in [0.5, 0.6) is 11.5 Å². The van der Waals surface area contributed by atoms with Crippen molar-refractivity contribution in [1.82, 2.24) is 10.4 Å². The Bertz CT molecular complexity index is 705. The molecule has 1 amide bonds. The van der Waals surface area contributed by atoms with Crippen LogP contribution in [0.15, 0.2) is 52.2 Å². The number of nitrogens with one attached hydrogen (secondary N) is 1. The number of hydrazone groups is 1. The lowest BCUT2D eigenvalue weighted by Crippen LogP contribution is -2.25. The molecular formula is C16H16BrN3O3. The molecule has 23 heavy (non-hydrogen) atoms. The summed E-state index contributed by atoms with van der Waals surface area (Å²) in [6, 6.07) is 10.8. The molecule has 1 aromatic heterocycles. The summed E-state index contributed by atoms with van der Waals surface area (Å²) < 4.78 is 11.5. The fraction of sp³-hybridized carbons (Fsp3) is 0.188. The summed E-state index contributed by atoms with van der Waals surface area (Å²) in [7, 11) is 1.54. The van der Waals surface area contributed by atoms with E-state index in [9.17, 15) is 4.79 Å². The molecule has 0 aliphatic rings. The van der Waals surface area contributed by atoms with Crippen LogP contribution in [-0.2, 0) is 4.79 Å². The molecule has 120 valence electrons. The first kappa shape index (κ1) is 17.0. The molecule has 1 heterocycles. The lowest BCUT2D eigenvalue weighted by atomic mass is 10.3. The van der Waals surface area contributed by atoms with E-state index < -0.39 is 0 Å². The summed E-state index contributed by atoms with van der Waals surface area (Å²) in [5.41, 5.74) is 3.74. The topological polar surface area (TPSA) is 72.8 Å². The SMILES string of the molecule is COc1cc(Br)ccc1OCC(=O)NN=C(C)c1ccccn1. The fourth-order valence-corrected chi connectivity index (χ4v) is 2.06. The van der Waals surface area contributed by atoms with Crippen molar-refractivity contribution in [2.45, 2.75) is 6.92 Å². The molecule has 6 nitrogen and oxygen atoms in total. The molecule has 0 radical (unpaired) electrons. The normalized spacial score (nSPS) is 11.0. The van der Waals surface area contributed by atoms with E-state index in [0.29, 0.717) is 22.9 Å². The third kappa shape index (κ3) is 5.07. The van der Waals surface area contributed by atoms with Gasteiger partial charge in [-0.05, 0) is 37.3 Å². The quantitative estimate of drug-likeness (QED) is 0.620. The van der Waals surface area contributed by atoms with Gasteiger partial charge in [0.2, 0.25) is 0 Å². The van der Waals surface area contributed by atoms with Gasteiger partial charge in [-0.2, -0.15) is 5.10 Å². The molecule has 0 spiro atoms. The van der Waals surface area contributed by atoms with Gasteiger partial charge in [-0.15, -0.1) is 0 Å². The summed E-state index contributed by atoms with van der Waals surface area (Å²) in [6.45, 7) is 1.60. The molecule has 0 saturated carbocycles. The van der Waals surface area contributed by atoms with Crippen LogP contribution in [0.2, 0.25) is 0 Å². The van der Waals surface area contributed by atoms with E-state index in [4.69, 9.17) is 9.47 Å². The number of nitrogens with zero attached hydrogens (tertiary/aromatic N) is 2. The van der Waals surface area contributed by atoms with E-state index in [1.54, 1.807) is 31.3 Å². The number of pyridine rings is 1. The lowest BCUT2D eigenvalue weighted by molar-refractivity contribution is -0.123. The van der Waals surface area contributed by atoms with Crippen molar-refractivity contribution in [1.29, 1.82) is 0 Å². The van der Waals surface area contributed by atoms with Gasteiger partial charge in [0, 0.05) is 10.7 Å². The number of ether oxygens (including phenoxy) is 2. The van der Waals surface area contributed by atoms with Crippen LogP contribution in [0.1, 0.15) is 12.6 Å². The first-order valence-electron chi connectivity index (χ1n) is 6.81. The zero-order valence-corrected chi connectivity index (χ0v) is 14.3. The number of halogens is 1. The minimum absolute atomic E-state index is 0.170. The van der Waals surface area contributed by atoms with Crippen molar-refractivity contribution in [3.8, 4) is 11.5 Å². The predicted molar refractivity (Wildman–Crippen MR) is 90.8 cm³/mol. The molecule has 7 heteroatoms. The lowest BCUT2D eigenvalue weighted by Gasteiger charge is -2.10. The van der Waals surface area contributed by atoms with Crippen molar-refractivity contribution < 1.29 is 14.3 Å². The summed E-state index contributed by atoms with van der Waals surface area (Å²) in [6.07, 6.45) is 1.67. The molecule has 0 aliphatic carbocycles. The highest BCUT2D eigenvalue weighted by Gasteiger charge is 2.08. The van der Waals surface area contributed by atoms with E-state index in [-0.39, 0.29) is 12.5 Å². The number of aromatic nitrogens is 1. The van der Waals surface area contributed by atoms with Gasteiger partial charge in [0.25, 0.3) is 5.91 Å². The Balaban J connectivity index is 1.91.